The molecule has 0 bridgehead atoms. The van der Waals surface area contributed by atoms with E-state index in [1.165, 1.54) is 4.31 Å². The van der Waals surface area contributed by atoms with E-state index < -0.39 is 10.0 Å². The molecule has 27 heavy (non-hydrogen) atoms. The summed E-state index contributed by atoms with van der Waals surface area (Å²) in [6.45, 7) is 15.8. The van der Waals surface area contributed by atoms with Crippen LogP contribution in [0.2, 0.25) is 0 Å². The normalized spacial score (nSPS) is 18.6. The van der Waals surface area contributed by atoms with Gasteiger partial charge in [-0.1, -0.05) is 0 Å². The molecule has 5 nitrogen and oxygen atoms in total. The van der Waals surface area contributed by atoms with Gasteiger partial charge in [0.2, 0.25) is 15.9 Å². The highest BCUT2D eigenvalue weighted by Crippen LogP contribution is 2.33. The number of sulfonamides is 1. The Morgan fingerprint density at radius 2 is 1.44 bits per heavy atom. The van der Waals surface area contributed by atoms with E-state index in [-0.39, 0.29) is 18.4 Å². The largest absolute Gasteiger partial charge is 0.343 e. The number of hydrogen-bond acceptors (Lipinski definition) is 3. The fourth-order valence-electron chi connectivity index (χ4n) is 4.14. The summed E-state index contributed by atoms with van der Waals surface area (Å²) in [6.07, 6.45) is 1.48. The molecule has 152 valence electrons. The van der Waals surface area contributed by atoms with E-state index in [4.69, 9.17) is 0 Å². The topological polar surface area (TPSA) is 57.7 Å². The number of benzene rings is 1. The minimum Gasteiger partial charge on any atom is -0.343 e. The standard InChI is InChI=1S/C21H34N2O3S/c1-8-22(9-2)21(24)19-11-10-12-23(13-19)27(25,26)20-17(6)15(4)14(3)16(5)18(20)7/h19H,8-13H2,1-7H3. The molecule has 1 unspecified atom stereocenters. The van der Waals surface area contributed by atoms with E-state index in [9.17, 15) is 13.2 Å². The van der Waals surface area contributed by atoms with Crippen LogP contribution in [-0.2, 0) is 14.8 Å². The molecule has 1 aromatic rings. The number of amides is 1. The third-order valence-electron chi connectivity index (χ3n) is 6.34. The third kappa shape index (κ3) is 3.92. The van der Waals surface area contributed by atoms with Crippen LogP contribution in [0.15, 0.2) is 4.90 Å². The second kappa shape index (κ2) is 8.31. The first-order chi connectivity index (χ1) is 12.6. The van der Waals surface area contributed by atoms with Crippen molar-refractivity contribution in [2.45, 2.75) is 66.2 Å². The second-order valence-electron chi connectivity index (χ2n) is 7.67. The van der Waals surface area contributed by atoms with Crippen molar-refractivity contribution >= 4 is 15.9 Å². The molecular formula is C21H34N2O3S. The zero-order chi connectivity index (χ0) is 20.5. The number of rotatable bonds is 5. The Hall–Kier alpha value is -1.40. The summed E-state index contributed by atoms with van der Waals surface area (Å²) in [6, 6.07) is 0. The number of hydrogen-bond donors (Lipinski definition) is 0. The van der Waals surface area contributed by atoms with E-state index in [1.807, 2.05) is 48.5 Å². The van der Waals surface area contributed by atoms with Crippen molar-refractivity contribution in [1.82, 2.24) is 9.21 Å². The average Bonchev–Trinajstić information content (AvgIpc) is 2.65. The van der Waals surface area contributed by atoms with Crippen molar-refractivity contribution in [3.05, 3.63) is 27.8 Å². The van der Waals surface area contributed by atoms with Crippen molar-refractivity contribution in [2.75, 3.05) is 26.2 Å². The molecule has 0 radical (unpaired) electrons. The maximum absolute atomic E-state index is 13.5. The Balaban J connectivity index is 2.42. The van der Waals surface area contributed by atoms with Gasteiger partial charge in [0, 0.05) is 26.2 Å². The van der Waals surface area contributed by atoms with Crippen LogP contribution in [0.5, 0.6) is 0 Å². The van der Waals surface area contributed by atoms with E-state index in [0.29, 0.717) is 24.5 Å². The molecule has 1 aliphatic rings. The predicted molar refractivity (Wildman–Crippen MR) is 110 cm³/mol. The summed E-state index contributed by atoms with van der Waals surface area (Å²) in [5.41, 5.74) is 4.87. The van der Waals surface area contributed by atoms with Crippen molar-refractivity contribution in [2.24, 2.45) is 5.92 Å². The smallest absolute Gasteiger partial charge is 0.243 e. The Bertz CT molecular complexity index is 797. The molecule has 0 N–H and O–H groups in total. The van der Waals surface area contributed by atoms with Gasteiger partial charge >= 0.3 is 0 Å². The van der Waals surface area contributed by atoms with Crippen LogP contribution >= 0.6 is 0 Å². The number of carbonyl (C=O) groups is 1. The first-order valence-corrected chi connectivity index (χ1v) is 11.4. The molecular weight excluding hydrogens is 360 g/mol. The lowest BCUT2D eigenvalue weighted by atomic mass is 9.95. The first kappa shape index (κ1) is 21.9. The molecule has 1 aromatic carbocycles. The Labute approximate surface area is 164 Å². The van der Waals surface area contributed by atoms with Crippen LogP contribution in [0.3, 0.4) is 0 Å². The molecule has 1 heterocycles. The minimum atomic E-state index is -3.63. The number of carbonyl (C=O) groups excluding carboxylic acids is 1. The SMILES string of the molecule is CCN(CC)C(=O)C1CCCN(S(=O)(=O)c2c(C)c(C)c(C)c(C)c2C)C1. The predicted octanol–water partition coefficient (Wildman–Crippen LogP) is 3.50. The monoisotopic (exact) mass is 394 g/mol. The second-order valence-corrected chi connectivity index (χ2v) is 9.54. The third-order valence-corrected chi connectivity index (χ3v) is 8.48. The highest BCUT2D eigenvalue weighted by Gasteiger charge is 2.36. The summed E-state index contributed by atoms with van der Waals surface area (Å²) in [5.74, 6) is -0.175. The van der Waals surface area contributed by atoms with Crippen molar-refractivity contribution in [3.63, 3.8) is 0 Å². The molecule has 1 saturated heterocycles. The van der Waals surface area contributed by atoms with Gasteiger partial charge in [-0.3, -0.25) is 4.79 Å². The summed E-state index contributed by atoms with van der Waals surface area (Å²) >= 11 is 0. The van der Waals surface area contributed by atoms with Crippen LogP contribution in [0.25, 0.3) is 0 Å². The van der Waals surface area contributed by atoms with Gasteiger partial charge in [-0.25, -0.2) is 8.42 Å². The quantitative estimate of drug-likeness (QED) is 0.768. The molecule has 0 saturated carbocycles. The maximum atomic E-state index is 13.5. The molecule has 1 amide bonds. The van der Waals surface area contributed by atoms with Gasteiger partial charge in [-0.2, -0.15) is 4.31 Å². The van der Waals surface area contributed by atoms with Gasteiger partial charge in [0.05, 0.1) is 10.8 Å². The first-order valence-electron chi connectivity index (χ1n) is 9.93. The van der Waals surface area contributed by atoms with Gasteiger partial charge < -0.3 is 4.90 Å². The van der Waals surface area contributed by atoms with Gasteiger partial charge in [0.25, 0.3) is 0 Å². The van der Waals surface area contributed by atoms with Crippen LogP contribution < -0.4 is 0 Å². The van der Waals surface area contributed by atoms with Gasteiger partial charge in [-0.05, 0) is 89.1 Å². The number of piperidine rings is 1. The fraction of sp³-hybridized carbons (Fsp3) is 0.667. The lowest BCUT2D eigenvalue weighted by molar-refractivity contribution is -0.136. The van der Waals surface area contributed by atoms with Crippen molar-refractivity contribution in [3.8, 4) is 0 Å². The Morgan fingerprint density at radius 3 is 1.93 bits per heavy atom. The molecule has 0 aliphatic carbocycles. The molecule has 1 fully saturated rings. The summed E-state index contributed by atoms with van der Waals surface area (Å²) in [5, 5.41) is 0. The zero-order valence-electron chi connectivity index (χ0n) is 17.8. The molecule has 2 rings (SSSR count). The van der Waals surface area contributed by atoms with Gasteiger partial charge in [0.1, 0.15) is 0 Å². The van der Waals surface area contributed by atoms with E-state index in [1.54, 1.807) is 4.90 Å². The van der Waals surface area contributed by atoms with E-state index >= 15 is 0 Å². The fourth-order valence-corrected chi connectivity index (χ4v) is 6.22. The highest BCUT2D eigenvalue weighted by molar-refractivity contribution is 7.89. The van der Waals surface area contributed by atoms with E-state index in [2.05, 4.69) is 0 Å². The van der Waals surface area contributed by atoms with Gasteiger partial charge in [-0.15, -0.1) is 0 Å². The van der Waals surface area contributed by atoms with Crippen LogP contribution in [0.4, 0.5) is 0 Å². The van der Waals surface area contributed by atoms with Gasteiger partial charge in [0.15, 0.2) is 0 Å². The van der Waals surface area contributed by atoms with E-state index in [0.717, 1.165) is 40.7 Å². The Morgan fingerprint density at radius 1 is 0.963 bits per heavy atom. The molecule has 6 heteroatoms. The summed E-state index contributed by atoms with van der Waals surface area (Å²) in [7, 11) is -3.63. The maximum Gasteiger partial charge on any atom is 0.243 e. The van der Waals surface area contributed by atoms with Crippen LogP contribution in [0, 0.1) is 40.5 Å². The minimum absolute atomic E-state index is 0.0737. The Kier molecular flexibility index (Phi) is 6.74. The van der Waals surface area contributed by atoms with Crippen molar-refractivity contribution in [1.29, 1.82) is 0 Å². The average molecular weight is 395 g/mol. The van der Waals surface area contributed by atoms with Crippen LogP contribution in [0.1, 0.15) is 54.5 Å². The molecule has 1 atom stereocenters. The molecule has 0 spiro atoms. The van der Waals surface area contributed by atoms with Crippen LogP contribution in [-0.4, -0.2) is 49.7 Å². The van der Waals surface area contributed by atoms with Crippen molar-refractivity contribution < 1.29 is 13.2 Å². The zero-order valence-corrected chi connectivity index (χ0v) is 18.7. The lowest BCUT2D eigenvalue weighted by Crippen LogP contribution is -2.47. The molecule has 0 aromatic heterocycles. The lowest BCUT2D eigenvalue weighted by Gasteiger charge is -2.34. The summed E-state index contributed by atoms with van der Waals surface area (Å²) in [4.78, 5) is 15.0. The number of nitrogens with zero attached hydrogens (tertiary/aromatic N) is 2. The highest BCUT2D eigenvalue weighted by atomic mass is 32.2. The summed E-state index contributed by atoms with van der Waals surface area (Å²) < 4.78 is 28.6. The molecule has 1 aliphatic heterocycles.